The van der Waals surface area contributed by atoms with E-state index < -0.39 is 0 Å². The molecule has 0 atom stereocenters. The zero-order valence-electron chi connectivity index (χ0n) is 11.6. The van der Waals surface area contributed by atoms with Gasteiger partial charge >= 0.3 is 0 Å². The zero-order valence-corrected chi connectivity index (χ0v) is 14.8. The molecule has 0 aliphatic heterocycles. The molecule has 0 fully saturated rings. The molecular weight excluding hydrogens is 372 g/mol. The lowest BCUT2D eigenvalue weighted by atomic mass is 9.79. The number of aryl methyl sites for hydroxylation is 1. The Morgan fingerprint density at radius 1 is 1.05 bits per heavy atom. The van der Waals surface area contributed by atoms with Crippen LogP contribution in [0.1, 0.15) is 17.5 Å². The maximum Gasteiger partial charge on any atom is 0.0700 e. The van der Waals surface area contributed by atoms with Gasteiger partial charge in [0.15, 0.2) is 0 Å². The second-order valence-corrected chi connectivity index (χ2v) is 5.84. The number of halogens is 2. The minimum atomic E-state index is 0.0818. The molecule has 0 amide bonds. The zero-order chi connectivity index (χ0) is 14.1. The highest BCUT2D eigenvalue weighted by molar-refractivity contribution is 9.09. The Balaban J connectivity index is 2.71. The molecule has 1 aromatic rings. The molecule has 0 aliphatic carbocycles. The summed E-state index contributed by atoms with van der Waals surface area (Å²) in [7, 11) is 1.69. The van der Waals surface area contributed by atoms with Crippen LogP contribution in [0.15, 0.2) is 24.3 Å². The van der Waals surface area contributed by atoms with Crippen molar-refractivity contribution in [1.82, 2.24) is 0 Å². The topological polar surface area (TPSA) is 18.5 Å². The van der Waals surface area contributed by atoms with Gasteiger partial charge in [0.1, 0.15) is 0 Å². The molecule has 2 nitrogen and oxygen atoms in total. The minimum absolute atomic E-state index is 0.0818. The van der Waals surface area contributed by atoms with Crippen molar-refractivity contribution in [3.63, 3.8) is 0 Å². The molecule has 0 aromatic heterocycles. The lowest BCUT2D eigenvalue weighted by Gasteiger charge is -2.32. The van der Waals surface area contributed by atoms with E-state index in [0.717, 1.165) is 23.7 Å². The van der Waals surface area contributed by atoms with Gasteiger partial charge in [-0.3, -0.25) is 0 Å². The lowest BCUT2D eigenvalue weighted by Crippen LogP contribution is -2.33. The first-order valence-electron chi connectivity index (χ1n) is 6.45. The summed E-state index contributed by atoms with van der Waals surface area (Å²) in [6.45, 7) is 4.22. The van der Waals surface area contributed by atoms with E-state index in [1.807, 2.05) is 0 Å². The molecule has 0 heterocycles. The van der Waals surface area contributed by atoms with E-state index >= 15 is 0 Å². The normalized spacial score (nSPS) is 11.8. The first-order chi connectivity index (χ1) is 9.20. The van der Waals surface area contributed by atoms with Gasteiger partial charge in [-0.15, -0.1) is 0 Å². The Morgan fingerprint density at radius 2 is 1.74 bits per heavy atom. The third-order valence-electron chi connectivity index (χ3n) is 3.38. The maximum absolute atomic E-state index is 5.63. The first kappa shape index (κ1) is 17.2. The summed E-state index contributed by atoms with van der Waals surface area (Å²) in [5, 5.41) is 1.84. The van der Waals surface area contributed by atoms with Crippen LogP contribution in [0.3, 0.4) is 0 Å². The molecule has 0 unspecified atom stereocenters. The number of benzene rings is 1. The highest BCUT2D eigenvalue weighted by atomic mass is 79.9. The van der Waals surface area contributed by atoms with Gasteiger partial charge in [0.05, 0.1) is 13.2 Å². The second-order valence-electron chi connectivity index (χ2n) is 4.72. The van der Waals surface area contributed by atoms with Crippen LogP contribution >= 0.6 is 31.9 Å². The van der Waals surface area contributed by atoms with Crippen molar-refractivity contribution >= 4 is 31.9 Å². The number of hydrogen-bond donors (Lipinski definition) is 0. The Bertz CT molecular complexity index is 365. The minimum Gasteiger partial charge on any atom is -0.382 e. The second kappa shape index (κ2) is 9.11. The van der Waals surface area contributed by atoms with Crippen molar-refractivity contribution in [2.75, 3.05) is 37.6 Å². The quantitative estimate of drug-likeness (QED) is 0.465. The number of ether oxygens (including phenoxy) is 2. The van der Waals surface area contributed by atoms with Crippen molar-refractivity contribution < 1.29 is 9.47 Å². The molecule has 0 bridgehead atoms. The van der Waals surface area contributed by atoms with Crippen molar-refractivity contribution in [1.29, 1.82) is 0 Å². The van der Waals surface area contributed by atoms with Crippen LogP contribution in [0.4, 0.5) is 0 Å². The van der Waals surface area contributed by atoms with Crippen LogP contribution in [-0.4, -0.2) is 37.6 Å². The Hall–Kier alpha value is 0.1000. The summed E-state index contributed by atoms with van der Waals surface area (Å²) in [6, 6.07) is 8.57. The largest absolute Gasteiger partial charge is 0.382 e. The third kappa shape index (κ3) is 4.85. The number of alkyl halides is 2. The van der Waals surface area contributed by atoms with Gasteiger partial charge in [0.2, 0.25) is 0 Å². The fourth-order valence-corrected chi connectivity index (χ4v) is 4.22. The van der Waals surface area contributed by atoms with E-state index in [0.29, 0.717) is 13.2 Å². The van der Waals surface area contributed by atoms with E-state index in [2.05, 4.69) is 63.0 Å². The Morgan fingerprint density at radius 3 is 2.32 bits per heavy atom. The Labute approximate surface area is 133 Å². The molecule has 1 aromatic carbocycles. The average Bonchev–Trinajstić information content (AvgIpc) is 2.44. The monoisotopic (exact) mass is 392 g/mol. The van der Waals surface area contributed by atoms with E-state index in [1.54, 1.807) is 7.11 Å². The molecule has 4 heteroatoms. The molecule has 19 heavy (non-hydrogen) atoms. The average molecular weight is 394 g/mol. The van der Waals surface area contributed by atoms with Gasteiger partial charge in [-0.05, 0) is 24.5 Å². The van der Waals surface area contributed by atoms with Gasteiger partial charge in [0, 0.05) is 29.8 Å². The van der Waals surface area contributed by atoms with Crippen LogP contribution in [0.2, 0.25) is 0 Å². The Kier molecular flexibility index (Phi) is 8.23. The standard InChI is InChI=1S/C15H22Br2O2/c1-13-5-3-4-6-14(13)15(11-16,12-17)7-8-19-10-9-18-2/h3-6H,7-12H2,1-2H3. The fourth-order valence-electron chi connectivity index (χ4n) is 2.13. The summed E-state index contributed by atoms with van der Waals surface area (Å²) < 4.78 is 10.6. The fraction of sp³-hybridized carbons (Fsp3) is 0.600. The van der Waals surface area contributed by atoms with Crippen molar-refractivity contribution in [2.24, 2.45) is 0 Å². The van der Waals surface area contributed by atoms with Gasteiger partial charge in [-0.25, -0.2) is 0 Å². The van der Waals surface area contributed by atoms with E-state index in [-0.39, 0.29) is 5.41 Å². The lowest BCUT2D eigenvalue weighted by molar-refractivity contribution is 0.0635. The molecule has 0 spiro atoms. The van der Waals surface area contributed by atoms with Gasteiger partial charge < -0.3 is 9.47 Å². The maximum atomic E-state index is 5.63. The molecule has 0 saturated heterocycles. The number of methoxy groups -OCH3 is 1. The molecule has 108 valence electrons. The van der Waals surface area contributed by atoms with Gasteiger partial charge in [-0.2, -0.15) is 0 Å². The summed E-state index contributed by atoms with van der Waals surface area (Å²) in [5.41, 5.74) is 2.80. The molecule has 0 saturated carbocycles. The summed E-state index contributed by atoms with van der Waals surface area (Å²) >= 11 is 7.35. The highest BCUT2D eigenvalue weighted by Gasteiger charge is 2.31. The van der Waals surface area contributed by atoms with Crippen molar-refractivity contribution in [2.45, 2.75) is 18.8 Å². The number of rotatable bonds is 9. The van der Waals surface area contributed by atoms with E-state index in [1.165, 1.54) is 11.1 Å². The number of hydrogen-bond acceptors (Lipinski definition) is 2. The summed E-state index contributed by atoms with van der Waals surface area (Å²) in [5.74, 6) is 0. The highest BCUT2D eigenvalue weighted by Crippen LogP contribution is 2.34. The van der Waals surface area contributed by atoms with E-state index in [4.69, 9.17) is 9.47 Å². The molecule has 0 N–H and O–H groups in total. The first-order valence-corrected chi connectivity index (χ1v) is 8.69. The predicted octanol–water partition coefficient (Wildman–Crippen LogP) is 4.08. The van der Waals surface area contributed by atoms with Gasteiger partial charge in [0.25, 0.3) is 0 Å². The molecule has 1 rings (SSSR count). The van der Waals surface area contributed by atoms with Crippen LogP contribution in [0, 0.1) is 6.92 Å². The van der Waals surface area contributed by atoms with Crippen molar-refractivity contribution in [3.05, 3.63) is 35.4 Å². The van der Waals surface area contributed by atoms with Crippen LogP contribution in [-0.2, 0) is 14.9 Å². The van der Waals surface area contributed by atoms with E-state index in [9.17, 15) is 0 Å². The summed E-state index contributed by atoms with van der Waals surface area (Å²) in [6.07, 6.45) is 0.984. The van der Waals surface area contributed by atoms with Crippen LogP contribution < -0.4 is 0 Å². The summed E-state index contributed by atoms with van der Waals surface area (Å²) in [4.78, 5) is 0. The van der Waals surface area contributed by atoms with Gasteiger partial charge in [-0.1, -0.05) is 56.1 Å². The molecule has 0 aliphatic rings. The smallest absolute Gasteiger partial charge is 0.0700 e. The molecule has 0 radical (unpaired) electrons. The van der Waals surface area contributed by atoms with Crippen LogP contribution in [0.5, 0.6) is 0 Å². The predicted molar refractivity (Wildman–Crippen MR) is 87.8 cm³/mol. The third-order valence-corrected chi connectivity index (χ3v) is 5.53. The molecular formula is C15H22Br2O2. The van der Waals surface area contributed by atoms with Crippen LogP contribution in [0.25, 0.3) is 0 Å². The van der Waals surface area contributed by atoms with Crippen molar-refractivity contribution in [3.8, 4) is 0 Å². The SMILES string of the molecule is COCCOCCC(CBr)(CBr)c1ccccc1C.